The molecule has 25 heavy (non-hydrogen) atoms. The summed E-state index contributed by atoms with van der Waals surface area (Å²) in [6, 6.07) is 9.36. The molecule has 3 aromatic rings. The van der Waals surface area contributed by atoms with Gasteiger partial charge in [0.25, 0.3) is 0 Å². The lowest BCUT2D eigenvalue weighted by Gasteiger charge is -2.09. The summed E-state index contributed by atoms with van der Waals surface area (Å²) in [6.07, 6.45) is 6.71. The molecule has 0 atom stereocenters. The third-order valence-electron chi connectivity index (χ3n) is 3.27. The number of carbonyl (C=O) groups excluding carboxylic acids is 1. The predicted molar refractivity (Wildman–Crippen MR) is 101 cm³/mol. The minimum atomic E-state index is -0.252. The van der Waals surface area contributed by atoms with Crippen LogP contribution in [0.2, 0.25) is 0 Å². The normalized spacial score (nSPS) is 11.4. The Labute approximate surface area is 153 Å². The molecule has 0 saturated heterocycles. The number of pyridine rings is 1. The van der Waals surface area contributed by atoms with Gasteiger partial charge >= 0.3 is 0 Å². The van der Waals surface area contributed by atoms with Crippen LogP contribution in [-0.2, 0) is 4.79 Å². The van der Waals surface area contributed by atoms with Crippen LogP contribution in [0, 0.1) is 0 Å². The standard InChI is InChI=1S/C18H17BrN4O2/c1-12(2)25-15-5-3-4-13(8-15)6-7-17(24)21-16-9-14(19)10-23-11-20-22-18(16)23/h3-12H,1-2H3,(H,21,24)/b7-6+. The van der Waals surface area contributed by atoms with Crippen molar-refractivity contribution in [3.63, 3.8) is 0 Å². The number of ether oxygens (including phenoxy) is 1. The van der Waals surface area contributed by atoms with Gasteiger partial charge in [-0.15, -0.1) is 10.2 Å². The SMILES string of the molecule is CC(C)Oc1cccc(/C=C/C(=O)Nc2cc(Br)cn3cnnc23)c1. The van der Waals surface area contributed by atoms with Gasteiger partial charge in [-0.1, -0.05) is 12.1 Å². The zero-order chi connectivity index (χ0) is 17.8. The fourth-order valence-corrected chi connectivity index (χ4v) is 2.75. The molecular weight excluding hydrogens is 384 g/mol. The zero-order valence-corrected chi connectivity index (χ0v) is 15.4. The molecule has 0 unspecified atom stereocenters. The predicted octanol–water partition coefficient (Wildman–Crippen LogP) is 3.93. The molecule has 0 spiro atoms. The Hall–Kier alpha value is -2.67. The minimum Gasteiger partial charge on any atom is -0.491 e. The molecule has 0 bridgehead atoms. The summed E-state index contributed by atoms with van der Waals surface area (Å²) >= 11 is 3.40. The Morgan fingerprint density at radius 2 is 2.20 bits per heavy atom. The lowest BCUT2D eigenvalue weighted by molar-refractivity contribution is -0.111. The maximum atomic E-state index is 12.2. The van der Waals surface area contributed by atoms with Crippen LogP contribution in [0.5, 0.6) is 5.75 Å². The quantitative estimate of drug-likeness (QED) is 0.658. The van der Waals surface area contributed by atoms with Crippen molar-refractivity contribution in [2.75, 3.05) is 5.32 Å². The van der Waals surface area contributed by atoms with Crippen LogP contribution in [0.15, 0.2) is 53.4 Å². The van der Waals surface area contributed by atoms with Crippen molar-refractivity contribution in [2.45, 2.75) is 20.0 Å². The largest absolute Gasteiger partial charge is 0.491 e. The molecule has 3 rings (SSSR count). The molecule has 1 N–H and O–H groups in total. The van der Waals surface area contributed by atoms with Crippen LogP contribution in [0.25, 0.3) is 11.7 Å². The van der Waals surface area contributed by atoms with Gasteiger partial charge in [0.1, 0.15) is 12.1 Å². The van der Waals surface area contributed by atoms with Gasteiger partial charge in [-0.3, -0.25) is 9.20 Å². The number of nitrogens with zero attached hydrogens (tertiary/aromatic N) is 3. The van der Waals surface area contributed by atoms with Gasteiger partial charge in [0.15, 0.2) is 5.65 Å². The molecule has 0 radical (unpaired) electrons. The average molecular weight is 401 g/mol. The Morgan fingerprint density at radius 1 is 1.36 bits per heavy atom. The van der Waals surface area contributed by atoms with Crippen molar-refractivity contribution in [1.29, 1.82) is 0 Å². The van der Waals surface area contributed by atoms with Crippen molar-refractivity contribution >= 4 is 39.2 Å². The van der Waals surface area contributed by atoms with Crippen LogP contribution < -0.4 is 10.1 Å². The molecule has 0 aliphatic heterocycles. The number of halogens is 1. The summed E-state index contributed by atoms with van der Waals surface area (Å²) in [5.74, 6) is 0.521. The maximum absolute atomic E-state index is 12.2. The molecule has 1 amide bonds. The fraction of sp³-hybridized carbons (Fsp3) is 0.167. The van der Waals surface area contributed by atoms with Gasteiger partial charge in [0, 0.05) is 16.7 Å². The van der Waals surface area contributed by atoms with Crippen LogP contribution in [0.1, 0.15) is 19.4 Å². The van der Waals surface area contributed by atoms with Gasteiger partial charge in [-0.25, -0.2) is 0 Å². The highest BCUT2D eigenvalue weighted by Gasteiger charge is 2.07. The van der Waals surface area contributed by atoms with Gasteiger partial charge < -0.3 is 10.1 Å². The smallest absolute Gasteiger partial charge is 0.248 e. The highest BCUT2D eigenvalue weighted by molar-refractivity contribution is 9.10. The Kier molecular flexibility index (Phi) is 5.14. The van der Waals surface area contributed by atoms with Crippen molar-refractivity contribution in [1.82, 2.24) is 14.6 Å². The first-order valence-corrected chi connectivity index (χ1v) is 8.55. The van der Waals surface area contributed by atoms with E-state index >= 15 is 0 Å². The molecule has 0 aliphatic rings. The highest BCUT2D eigenvalue weighted by Crippen LogP contribution is 2.21. The van der Waals surface area contributed by atoms with E-state index in [0.29, 0.717) is 11.3 Å². The second-order valence-corrected chi connectivity index (χ2v) is 6.61. The van der Waals surface area contributed by atoms with Crippen LogP contribution >= 0.6 is 15.9 Å². The van der Waals surface area contributed by atoms with Crippen molar-refractivity contribution in [3.05, 3.63) is 59.0 Å². The number of fused-ring (bicyclic) bond motifs is 1. The fourth-order valence-electron chi connectivity index (χ4n) is 2.30. The highest BCUT2D eigenvalue weighted by atomic mass is 79.9. The van der Waals surface area contributed by atoms with E-state index in [4.69, 9.17) is 4.74 Å². The molecule has 7 heteroatoms. The second kappa shape index (κ2) is 7.48. The number of anilines is 1. The number of nitrogens with one attached hydrogen (secondary N) is 1. The summed E-state index contributed by atoms with van der Waals surface area (Å²) in [5.41, 5.74) is 2.05. The molecule has 0 aliphatic carbocycles. The number of amides is 1. The van der Waals surface area contributed by atoms with E-state index in [9.17, 15) is 4.79 Å². The number of carbonyl (C=O) groups is 1. The first-order valence-electron chi connectivity index (χ1n) is 7.76. The monoisotopic (exact) mass is 400 g/mol. The Balaban J connectivity index is 1.74. The first kappa shape index (κ1) is 17.2. The van der Waals surface area contributed by atoms with Gasteiger partial charge in [-0.05, 0) is 59.6 Å². The Bertz CT molecular complexity index is 934. The zero-order valence-electron chi connectivity index (χ0n) is 13.8. The van der Waals surface area contributed by atoms with E-state index in [1.165, 1.54) is 6.08 Å². The third-order valence-corrected chi connectivity index (χ3v) is 3.71. The molecule has 0 fully saturated rings. The minimum absolute atomic E-state index is 0.101. The van der Waals surface area contributed by atoms with E-state index in [1.54, 1.807) is 22.9 Å². The number of hydrogen-bond donors (Lipinski definition) is 1. The van der Waals surface area contributed by atoms with Crippen molar-refractivity contribution in [3.8, 4) is 5.75 Å². The van der Waals surface area contributed by atoms with E-state index < -0.39 is 0 Å². The number of aromatic nitrogens is 3. The summed E-state index contributed by atoms with van der Waals surface area (Å²) in [6.45, 7) is 3.94. The number of benzene rings is 1. The molecule has 0 saturated carbocycles. The van der Waals surface area contributed by atoms with Crippen molar-refractivity contribution < 1.29 is 9.53 Å². The van der Waals surface area contributed by atoms with Gasteiger partial charge in [0.05, 0.1) is 11.8 Å². The van der Waals surface area contributed by atoms with Crippen molar-refractivity contribution in [2.24, 2.45) is 0 Å². The van der Waals surface area contributed by atoms with Gasteiger partial charge in [0.2, 0.25) is 5.91 Å². The lowest BCUT2D eigenvalue weighted by Crippen LogP contribution is -2.09. The first-order chi connectivity index (χ1) is 12.0. The molecule has 128 valence electrons. The summed E-state index contributed by atoms with van der Waals surface area (Å²) in [4.78, 5) is 12.2. The van der Waals surface area contributed by atoms with Crippen LogP contribution in [-0.4, -0.2) is 26.6 Å². The summed E-state index contributed by atoms with van der Waals surface area (Å²) < 4.78 is 8.20. The molecule has 6 nitrogen and oxygen atoms in total. The van der Waals surface area contributed by atoms with E-state index in [0.717, 1.165) is 15.8 Å². The molecular formula is C18H17BrN4O2. The van der Waals surface area contributed by atoms with Crippen LogP contribution in [0.3, 0.4) is 0 Å². The third kappa shape index (κ3) is 4.45. The van der Waals surface area contributed by atoms with Crippen LogP contribution in [0.4, 0.5) is 5.69 Å². The lowest BCUT2D eigenvalue weighted by atomic mass is 10.2. The molecule has 2 aromatic heterocycles. The molecule has 2 heterocycles. The topological polar surface area (TPSA) is 68.5 Å². The number of rotatable bonds is 5. The average Bonchev–Trinajstić information content (AvgIpc) is 3.01. The summed E-state index contributed by atoms with van der Waals surface area (Å²) in [5, 5.41) is 10.7. The van der Waals surface area contributed by atoms with E-state index in [2.05, 4.69) is 31.4 Å². The Morgan fingerprint density at radius 3 is 3.00 bits per heavy atom. The number of hydrogen-bond acceptors (Lipinski definition) is 4. The maximum Gasteiger partial charge on any atom is 0.248 e. The summed E-state index contributed by atoms with van der Waals surface area (Å²) in [7, 11) is 0. The molecule has 1 aromatic carbocycles. The second-order valence-electron chi connectivity index (χ2n) is 5.70. The van der Waals surface area contributed by atoms with E-state index in [-0.39, 0.29) is 12.0 Å². The van der Waals surface area contributed by atoms with E-state index in [1.807, 2.05) is 44.3 Å². The van der Waals surface area contributed by atoms with Gasteiger partial charge in [-0.2, -0.15) is 0 Å².